The number of aromatic nitrogens is 1. The van der Waals surface area contributed by atoms with E-state index < -0.39 is 0 Å². The lowest BCUT2D eigenvalue weighted by Crippen LogP contribution is -2.60. The number of fused-ring (bicyclic) bond motifs is 1. The van der Waals surface area contributed by atoms with Crippen LogP contribution in [0, 0.1) is 12.8 Å². The number of pyridine rings is 1. The number of aryl methyl sites for hydroxylation is 1. The molecule has 4 rings (SSSR count). The first kappa shape index (κ1) is 20.3. The fourth-order valence-corrected chi connectivity index (χ4v) is 4.17. The summed E-state index contributed by atoms with van der Waals surface area (Å²) in [6.07, 6.45) is 11.0. The highest BCUT2D eigenvalue weighted by atomic mass is 15.4. The maximum Gasteiger partial charge on any atom is 0.198 e. The Kier molecular flexibility index (Phi) is 5.97. The SMILES string of the molecule is CN=C(Nc1cccnc1C)N1CCN(C2=NC3=CC=CCC3N=C2)CC1C(C)C. The maximum absolute atomic E-state index is 4.92. The number of allylic oxidation sites excluding steroid dienone is 2. The number of aliphatic imine (C=N–C) groups is 3. The van der Waals surface area contributed by atoms with Crippen LogP contribution in [0.3, 0.4) is 0 Å². The quantitative estimate of drug-likeness (QED) is 0.606. The van der Waals surface area contributed by atoms with Gasteiger partial charge >= 0.3 is 0 Å². The van der Waals surface area contributed by atoms with Crippen LogP contribution in [-0.4, -0.2) is 71.6 Å². The van der Waals surface area contributed by atoms with Gasteiger partial charge in [0.15, 0.2) is 5.96 Å². The summed E-state index contributed by atoms with van der Waals surface area (Å²) in [7, 11) is 1.85. The molecule has 2 aliphatic heterocycles. The Morgan fingerprint density at radius 3 is 2.93 bits per heavy atom. The smallest absolute Gasteiger partial charge is 0.198 e. The van der Waals surface area contributed by atoms with Gasteiger partial charge in [-0.3, -0.25) is 15.0 Å². The molecule has 2 unspecified atom stereocenters. The largest absolute Gasteiger partial charge is 0.351 e. The van der Waals surface area contributed by atoms with Crippen LogP contribution < -0.4 is 5.32 Å². The Bertz CT molecular complexity index is 925. The zero-order valence-electron chi connectivity index (χ0n) is 18.3. The Morgan fingerprint density at radius 1 is 1.30 bits per heavy atom. The molecule has 2 atom stereocenters. The van der Waals surface area contributed by atoms with E-state index in [0.717, 1.165) is 54.9 Å². The van der Waals surface area contributed by atoms with Gasteiger partial charge in [-0.2, -0.15) is 0 Å². The number of nitrogens with one attached hydrogen (secondary N) is 1. The third-order valence-corrected chi connectivity index (χ3v) is 5.97. The minimum Gasteiger partial charge on any atom is -0.351 e. The van der Waals surface area contributed by atoms with Crippen molar-refractivity contribution in [2.75, 3.05) is 32.0 Å². The normalized spacial score (nSPS) is 24.0. The molecule has 1 fully saturated rings. The number of hydrogen-bond acceptors (Lipinski definition) is 5. The lowest BCUT2D eigenvalue weighted by molar-refractivity contribution is 0.147. The summed E-state index contributed by atoms with van der Waals surface area (Å²) in [6, 6.07) is 4.50. The van der Waals surface area contributed by atoms with Gasteiger partial charge in [-0.15, -0.1) is 0 Å². The Balaban J connectivity index is 1.51. The van der Waals surface area contributed by atoms with Crippen LogP contribution in [0.1, 0.15) is 26.0 Å². The van der Waals surface area contributed by atoms with Crippen LogP contribution in [0.5, 0.6) is 0 Å². The van der Waals surface area contributed by atoms with Crippen molar-refractivity contribution in [3.8, 4) is 0 Å². The second-order valence-electron chi connectivity index (χ2n) is 8.28. The van der Waals surface area contributed by atoms with Gasteiger partial charge in [-0.1, -0.05) is 26.0 Å². The zero-order chi connectivity index (χ0) is 21.1. The van der Waals surface area contributed by atoms with E-state index in [1.54, 1.807) is 0 Å². The topological polar surface area (TPSA) is 68.5 Å². The van der Waals surface area contributed by atoms with E-state index in [1.165, 1.54) is 0 Å². The number of nitrogens with zero attached hydrogens (tertiary/aromatic N) is 6. The highest BCUT2D eigenvalue weighted by Gasteiger charge is 2.33. The van der Waals surface area contributed by atoms with Crippen molar-refractivity contribution in [1.82, 2.24) is 14.8 Å². The first-order chi connectivity index (χ1) is 14.6. The molecule has 0 radical (unpaired) electrons. The molecule has 7 nitrogen and oxygen atoms in total. The van der Waals surface area contributed by atoms with Gasteiger partial charge < -0.3 is 15.1 Å². The van der Waals surface area contributed by atoms with E-state index in [4.69, 9.17) is 9.98 Å². The van der Waals surface area contributed by atoms with Crippen LogP contribution >= 0.6 is 0 Å². The van der Waals surface area contributed by atoms with Crippen molar-refractivity contribution in [1.29, 1.82) is 0 Å². The monoisotopic (exact) mass is 405 g/mol. The van der Waals surface area contributed by atoms with Gasteiger partial charge in [-0.05, 0) is 37.5 Å². The lowest BCUT2D eigenvalue weighted by Gasteiger charge is -2.45. The van der Waals surface area contributed by atoms with Crippen LogP contribution in [0.2, 0.25) is 0 Å². The van der Waals surface area contributed by atoms with Gasteiger partial charge in [-0.25, -0.2) is 4.99 Å². The predicted octanol–water partition coefficient (Wildman–Crippen LogP) is 3.13. The predicted molar refractivity (Wildman–Crippen MR) is 124 cm³/mol. The minimum atomic E-state index is 0.187. The molecule has 158 valence electrons. The number of hydrogen-bond donors (Lipinski definition) is 1. The maximum atomic E-state index is 4.92. The fraction of sp³-hybridized carbons (Fsp3) is 0.478. The summed E-state index contributed by atoms with van der Waals surface area (Å²) < 4.78 is 0. The van der Waals surface area contributed by atoms with E-state index >= 15 is 0 Å². The van der Waals surface area contributed by atoms with E-state index in [1.807, 2.05) is 38.5 Å². The van der Waals surface area contributed by atoms with Gasteiger partial charge in [0.1, 0.15) is 5.84 Å². The van der Waals surface area contributed by atoms with E-state index in [2.05, 4.69) is 57.2 Å². The van der Waals surface area contributed by atoms with Crippen molar-refractivity contribution < 1.29 is 0 Å². The number of amidine groups is 1. The second-order valence-corrected chi connectivity index (χ2v) is 8.28. The third kappa shape index (κ3) is 4.15. The Hall–Kier alpha value is -2.96. The van der Waals surface area contributed by atoms with E-state index in [-0.39, 0.29) is 6.04 Å². The summed E-state index contributed by atoms with van der Waals surface area (Å²) in [6.45, 7) is 9.20. The number of guanidine groups is 1. The van der Waals surface area contributed by atoms with Crippen molar-refractivity contribution in [3.05, 3.63) is 47.9 Å². The summed E-state index contributed by atoms with van der Waals surface area (Å²) >= 11 is 0. The van der Waals surface area contributed by atoms with Crippen molar-refractivity contribution in [3.63, 3.8) is 0 Å². The molecular weight excluding hydrogens is 374 g/mol. The molecule has 3 aliphatic rings. The molecule has 3 heterocycles. The van der Waals surface area contributed by atoms with Crippen LogP contribution in [0.4, 0.5) is 5.69 Å². The first-order valence-electron chi connectivity index (χ1n) is 10.7. The number of rotatable bonds is 2. The van der Waals surface area contributed by atoms with Gasteiger partial charge in [0.05, 0.1) is 35.4 Å². The van der Waals surface area contributed by atoms with E-state index in [9.17, 15) is 0 Å². The number of piperazine rings is 1. The second kappa shape index (κ2) is 8.81. The summed E-state index contributed by atoms with van der Waals surface area (Å²) in [4.78, 5) is 23.4. The third-order valence-electron chi connectivity index (χ3n) is 5.97. The minimum absolute atomic E-state index is 0.187. The molecule has 0 spiro atoms. The molecule has 0 saturated carbocycles. The molecule has 1 saturated heterocycles. The lowest BCUT2D eigenvalue weighted by atomic mass is 9.99. The Labute approximate surface area is 179 Å². The molecular formula is C23H31N7. The van der Waals surface area contributed by atoms with Crippen LogP contribution in [-0.2, 0) is 0 Å². The Morgan fingerprint density at radius 2 is 2.17 bits per heavy atom. The van der Waals surface area contributed by atoms with Gasteiger partial charge in [0, 0.05) is 32.9 Å². The molecule has 30 heavy (non-hydrogen) atoms. The molecule has 1 aromatic heterocycles. The highest BCUT2D eigenvalue weighted by molar-refractivity contribution is 6.30. The molecule has 1 N–H and O–H groups in total. The molecule has 1 aromatic rings. The summed E-state index contributed by atoms with van der Waals surface area (Å²) in [5.74, 6) is 2.33. The van der Waals surface area contributed by atoms with Crippen molar-refractivity contribution in [2.45, 2.75) is 39.3 Å². The molecule has 1 aliphatic carbocycles. The zero-order valence-corrected chi connectivity index (χ0v) is 18.3. The van der Waals surface area contributed by atoms with Crippen LogP contribution in [0.15, 0.2) is 57.2 Å². The highest BCUT2D eigenvalue weighted by Crippen LogP contribution is 2.24. The van der Waals surface area contributed by atoms with E-state index in [0.29, 0.717) is 12.0 Å². The first-order valence-corrected chi connectivity index (χ1v) is 10.7. The van der Waals surface area contributed by atoms with Crippen LogP contribution in [0.25, 0.3) is 0 Å². The molecule has 0 bridgehead atoms. The fourth-order valence-electron chi connectivity index (χ4n) is 4.17. The average molecular weight is 406 g/mol. The molecule has 7 heteroatoms. The van der Waals surface area contributed by atoms with Crippen molar-refractivity contribution in [2.24, 2.45) is 20.9 Å². The van der Waals surface area contributed by atoms with Gasteiger partial charge in [0.25, 0.3) is 0 Å². The average Bonchev–Trinajstić information content (AvgIpc) is 2.78. The van der Waals surface area contributed by atoms with Gasteiger partial charge in [0.2, 0.25) is 0 Å². The standard InChI is InChI=1S/C23H31N7/c1-16(2)21-15-29(22-14-26-19-8-5-6-9-20(19)27-22)12-13-30(21)23(24-4)28-18-10-7-11-25-17(18)3/h5-7,9-11,14,16,19,21H,8,12-13,15H2,1-4H3,(H,24,28). The summed E-state index contributed by atoms with van der Waals surface area (Å²) in [5.41, 5.74) is 3.04. The number of anilines is 1. The summed E-state index contributed by atoms with van der Waals surface area (Å²) in [5, 5.41) is 3.50. The molecule has 0 amide bonds. The molecule has 0 aromatic carbocycles. The van der Waals surface area contributed by atoms with Crippen molar-refractivity contribution >= 4 is 23.7 Å².